The molecule has 3 aromatic rings. The second-order valence-electron chi connectivity index (χ2n) is 7.65. The van der Waals surface area contributed by atoms with Crippen molar-refractivity contribution in [2.24, 2.45) is 0 Å². The summed E-state index contributed by atoms with van der Waals surface area (Å²) in [5.41, 5.74) is 2.84. The topological polar surface area (TPSA) is 80.6 Å². The van der Waals surface area contributed by atoms with Crippen LogP contribution in [0, 0.1) is 19.7 Å². The minimum absolute atomic E-state index is 0.0174. The first-order valence-corrected chi connectivity index (χ1v) is 10.9. The van der Waals surface area contributed by atoms with Crippen LogP contribution < -0.4 is 15.0 Å². The highest BCUT2D eigenvalue weighted by Crippen LogP contribution is 2.28. The number of ether oxygens (including phenoxy) is 1. The Morgan fingerprint density at radius 1 is 1.03 bits per heavy atom. The summed E-state index contributed by atoms with van der Waals surface area (Å²) in [7, 11) is 0. The molecule has 0 saturated carbocycles. The van der Waals surface area contributed by atoms with E-state index in [9.17, 15) is 18.8 Å². The fraction of sp³-hybridized carbons (Fsp3) is 0.160. The standard InChI is InChI=1S/C25H21ClFN3O4/c1-4-34-19-8-5-17(6-9-19)30-24(32)20(23(31)28-25(30)33)12-16-11-14(2)29(15(16)3)18-7-10-22(27)21(26)13-18/h5-13H,4H2,1-3H3,(H,28,31,33)/b20-12+. The lowest BCUT2D eigenvalue weighted by atomic mass is 10.1. The second kappa shape index (κ2) is 9.15. The molecule has 2 heterocycles. The molecule has 0 atom stereocenters. The summed E-state index contributed by atoms with van der Waals surface area (Å²) >= 11 is 5.94. The van der Waals surface area contributed by atoms with Gasteiger partial charge in [-0.1, -0.05) is 11.6 Å². The highest BCUT2D eigenvalue weighted by Gasteiger charge is 2.37. The first-order valence-electron chi connectivity index (χ1n) is 10.5. The molecular weight excluding hydrogens is 461 g/mol. The molecule has 1 aliphatic rings. The molecule has 7 nitrogen and oxygen atoms in total. The van der Waals surface area contributed by atoms with Gasteiger partial charge in [-0.05, 0) is 80.9 Å². The van der Waals surface area contributed by atoms with Crippen molar-refractivity contribution in [1.82, 2.24) is 9.88 Å². The number of benzene rings is 2. The number of carbonyl (C=O) groups excluding carboxylic acids is 3. The molecule has 174 valence electrons. The molecule has 34 heavy (non-hydrogen) atoms. The Kier molecular flexibility index (Phi) is 6.26. The maximum absolute atomic E-state index is 13.6. The number of rotatable bonds is 5. The van der Waals surface area contributed by atoms with E-state index in [2.05, 4.69) is 5.32 Å². The van der Waals surface area contributed by atoms with E-state index in [4.69, 9.17) is 16.3 Å². The van der Waals surface area contributed by atoms with Gasteiger partial charge in [0.05, 0.1) is 17.3 Å². The number of hydrogen-bond donors (Lipinski definition) is 1. The summed E-state index contributed by atoms with van der Waals surface area (Å²) < 4.78 is 20.8. The zero-order valence-corrected chi connectivity index (χ0v) is 19.4. The van der Waals surface area contributed by atoms with Crippen molar-refractivity contribution in [2.75, 3.05) is 11.5 Å². The van der Waals surface area contributed by atoms with Crippen molar-refractivity contribution < 1.29 is 23.5 Å². The lowest BCUT2D eigenvalue weighted by molar-refractivity contribution is -0.122. The van der Waals surface area contributed by atoms with E-state index in [-0.39, 0.29) is 10.6 Å². The average Bonchev–Trinajstić information content (AvgIpc) is 3.07. The predicted molar refractivity (Wildman–Crippen MR) is 127 cm³/mol. The Balaban J connectivity index is 1.72. The van der Waals surface area contributed by atoms with Gasteiger partial charge in [0.1, 0.15) is 17.1 Å². The number of amides is 4. The third-order valence-corrected chi connectivity index (χ3v) is 5.73. The van der Waals surface area contributed by atoms with Crippen molar-refractivity contribution >= 4 is 41.2 Å². The summed E-state index contributed by atoms with van der Waals surface area (Å²) in [6.07, 6.45) is 1.44. The van der Waals surface area contributed by atoms with Crippen LogP contribution in [0.3, 0.4) is 0 Å². The van der Waals surface area contributed by atoms with E-state index >= 15 is 0 Å². The van der Waals surface area contributed by atoms with Crippen LogP contribution >= 0.6 is 11.6 Å². The van der Waals surface area contributed by atoms with Crippen LogP contribution in [-0.4, -0.2) is 29.0 Å². The quantitative estimate of drug-likeness (QED) is 0.413. The molecule has 9 heteroatoms. The monoisotopic (exact) mass is 481 g/mol. The number of imide groups is 2. The summed E-state index contributed by atoms with van der Waals surface area (Å²) in [5, 5.41) is 2.20. The van der Waals surface area contributed by atoms with Crippen LogP contribution in [0.15, 0.2) is 54.1 Å². The first-order chi connectivity index (χ1) is 16.2. The van der Waals surface area contributed by atoms with Crippen molar-refractivity contribution in [3.05, 3.63) is 81.9 Å². The van der Waals surface area contributed by atoms with Gasteiger partial charge in [0.15, 0.2) is 0 Å². The van der Waals surface area contributed by atoms with Gasteiger partial charge in [-0.2, -0.15) is 0 Å². The van der Waals surface area contributed by atoms with Crippen molar-refractivity contribution in [3.63, 3.8) is 0 Å². The SMILES string of the molecule is CCOc1ccc(N2C(=O)NC(=O)/C(=C\c3cc(C)n(-c4ccc(F)c(Cl)c4)c3C)C2=O)cc1. The number of urea groups is 1. The molecule has 0 bridgehead atoms. The Bertz CT molecular complexity index is 1340. The maximum Gasteiger partial charge on any atom is 0.335 e. The van der Waals surface area contributed by atoms with Crippen LogP contribution in [-0.2, 0) is 9.59 Å². The smallest absolute Gasteiger partial charge is 0.335 e. The normalized spacial score (nSPS) is 15.1. The van der Waals surface area contributed by atoms with Gasteiger partial charge < -0.3 is 9.30 Å². The van der Waals surface area contributed by atoms with Crippen LogP contribution in [0.25, 0.3) is 11.8 Å². The number of halogens is 2. The molecule has 1 aliphatic heterocycles. The van der Waals surface area contributed by atoms with Gasteiger partial charge in [-0.25, -0.2) is 14.1 Å². The fourth-order valence-corrected chi connectivity index (χ4v) is 4.04. The Hall–Kier alpha value is -3.91. The van der Waals surface area contributed by atoms with Crippen LogP contribution in [0.1, 0.15) is 23.9 Å². The molecule has 1 fully saturated rings. The summed E-state index contributed by atoms with van der Waals surface area (Å²) in [4.78, 5) is 39.1. The van der Waals surface area contributed by atoms with E-state index < -0.39 is 23.7 Å². The number of nitrogens with one attached hydrogen (secondary N) is 1. The third kappa shape index (κ3) is 4.20. The number of aromatic nitrogens is 1. The third-order valence-electron chi connectivity index (χ3n) is 5.44. The molecule has 0 spiro atoms. The Morgan fingerprint density at radius 2 is 1.71 bits per heavy atom. The molecule has 0 radical (unpaired) electrons. The zero-order valence-electron chi connectivity index (χ0n) is 18.7. The Morgan fingerprint density at radius 3 is 2.35 bits per heavy atom. The maximum atomic E-state index is 13.6. The fourth-order valence-electron chi connectivity index (χ4n) is 3.86. The highest BCUT2D eigenvalue weighted by molar-refractivity contribution is 6.39. The van der Waals surface area contributed by atoms with Gasteiger partial charge in [0.25, 0.3) is 11.8 Å². The molecule has 1 saturated heterocycles. The number of carbonyl (C=O) groups is 3. The first kappa shape index (κ1) is 23.3. The summed E-state index contributed by atoms with van der Waals surface area (Å²) in [6.45, 7) is 5.97. The van der Waals surface area contributed by atoms with Crippen molar-refractivity contribution in [3.8, 4) is 11.4 Å². The van der Waals surface area contributed by atoms with E-state index in [1.165, 1.54) is 18.2 Å². The molecular formula is C25H21ClFN3O4. The van der Waals surface area contributed by atoms with Gasteiger partial charge in [0, 0.05) is 17.1 Å². The summed E-state index contributed by atoms with van der Waals surface area (Å²) in [6, 6.07) is 11.7. The van der Waals surface area contributed by atoms with E-state index in [0.29, 0.717) is 35.0 Å². The number of barbiturate groups is 1. The van der Waals surface area contributed by atoms with Crippen molar-refractivity contribution in [1.29, 1.82) is 0 Å². The molecule has 1 aromatic heterocycles. The minimum Gasteiger partial charge on any atom is -0.494 e. The number of aryl methyl sites for hydroxylation is 1. The van der Waals surface area contributed by atoms with E-state index in [0.717, 1.165) is 10.6 Å². The van der Waals surface area contributed by atoms with Crippen LogP contribution in [0.4, 0.5) is 14.9 Å². The molecule has 0 aliphatic carbocycles. The lowest BCUT2D eigenvalue weighted by Gasteiger charge is -2.26. The number of nitrogens with zero attached hydrogens (tertiary/aromatic N) is 2. The van der Waals surface area contributed by atoms with Crippen LogP contribution in [0.2, 0.25) is 5.02 Å². The molecule has 0 unspecified atom stereocenters. The van der Waals surface area contributed by atoms with Gasteiger partial charge in [-0.15, -0.1) is 0 Å². The van der Waals surface area contributed by atoms with Gasteiger partial charge in [-0.3, -0.25) is 14.9 Å². The molecule has 4 amide bonds. The zero-order chi connectivity index (χ0) is 24.6. The minimum atomic E-state index is -0.831. The second-order valence-corrected chi connectivity index (χ2v) is 8.05. The largest absolute Gasteiger partial charge is 0.494 e. The van der Waals surface area contributed by atoms with E-state index in [1.807, 2.05) is 18.4 Å². The van der Waals surface area contributed by atoms with Gasteiger partial charge in [0.2, 0.25) is 0 Å². The number of anilines is 1. The highest BCUT2D eigenvalue weighted by atomic mass is 35.5. The molecule has 2 aromatic carbocycles. The van der Waals surface area contributed by atoms with Gasteiger partial charge >= 0.3 is 6.03 Å². The predicted octanol–water partition coefficient (Wildman–Crippen LogP) is 4.95. The summed E-state index contributed by atoms with van der Waals surface area (Å²) in [5.74, 6) is -1.46. The average molecular weight is 482 g/mol. The molecule has 1 N–H and O–H groups in total. The lowest BCUT2D eigenvalue weighted by Crippen LogP contribution is -2.54. The Labute approximate surface area is 200 Å². The number of hydrogen-bond acceptors (Lipinski definition) is 4. The van der Waals surface area contributed by atoms with Crippen LogP contribution in [0.5, 0.6) is 5.75 Å². The van der Waals surface area contributed by atoms with Crippen molar-refractivity contribution in [2.45, 2.75) is 20.8 Å². The molecule has 4 rings (SSSR count). The van der Waals surface area contributed by atoms with E-state index in [1.54, 1.807) is 43.3 Å².